The monoisotopic (exact) mass is 219 g/mol. The first kappa shape index (κ1) is 9.53. The molecule has 0 saturated carbocycles. The van der Waals surface area contributed by atoms with Crippen LogP contribution in [0.15, 0.2) is 23.0 Å². The maximum absolute atomic E-state index is 5.07. The molecule has 1 saturated heterocycles. The molecule has 0 atom stereocenters. The predicted octanol–water partition coefficient (Wildman–Crippen LogP) is 0.631. The molecule has 2 aromatic rings. The molecular weight excluding hydrogens is 206 g/mol. The van der Waals surface area contributed by atoms with Gasteiger partial charge in [0.05, 0.1) is 12.6 Å². The molecule has 0 amide bonds. The van der Waals surface area contributed by atoms with E-state index in [9.17, 15) is 0 Å². The number of hydrogen-bond donors (Lipinski definition) is 0. The van der Waals surface area contributed by atoms with Crippen LogP contribution in [0.1, 0.15) is 17.8 Å². The van der Waals surface area contributed by atoms with E-state index in [1.54, 1.807) is 0 Å². The highest BCUT2D eigenvalue weighted by Gasteiger charge is 2.29. The lowest BCUT2D eigenvalue weighted by atomic mass is 10.1. The molecule has 3 heterocycles. The van der Waals surface area contributed by atoms with Crippen molar-refractivity contribution in [3.05, 3.63) is 30.2 Å². The molecule has 1 fully saturated rings. The van der Waals surface area contributed by atoms with Crippen LogP contribution >= 0.6 is 0 Å². The van der Waals surface area contributed by atoms with Crippen molar-refractivity contribution in [2.45, 2.75) is 19.5 Å². The molecule has 0 N–H and O–H groups in total. The number of aromatic nitrogens is 4. The third-order valence-electron chi connectivity index (χ3n) is 2.77. The van der Waals surface area contributed by atoms with E-state index >= 15 is 0 Å². The summed E-state index contributed by atoms with van der Waals surface area (Å²) in [5.41, 5.74) is 0. The zero-order valence-electron chi connectivity index (χ0n) is 9.08. The summed E-state index contributed by atoms with van der Waals surface area (Å²) in [4.78, 5) is 6.44. The Morgan fingerprint density at radius 2 is 2.38 bits per heavy atom. The van der Waals surface area contributed by atoms with Gasteiger partial charge in [-0.05, 0) is 13.0 Å². The molecule has 0 aliphatic carbocycles. The van der Waals surface area contributed by atoms with Gasteiger partial charge in [-0.3, -0.25) is 9.58 Å². The second kappa shape index (κ2) is 3.71. The number of rotatable bonds is 3. The van der Waals surface area contributed by atoms with Crippen LogP contribution in [0.2, 0.25) is 0 Å². The fourth-order valence-corrected chi connectivity index (χ4v) is 1.93. The summed E-state index contributed by atoms with van der Waals surface area (Å²) in [6.07, 6.45) is 3.81. The molecule has 2 aromatic heterocycles. The molecule has 1 aliphatic heterocycles. The molecule has 0 spiro atoms. The minimum Gasteiger partial charge on any atom is -0.338 e. The van der Waals surface area contributed by atoms with E-state index in [-0.39, 0.29) is 0 Å². The molecule has 0 bridgehead atoms. The smallest absolute Gasteiger partial charge is 0.240 e. The molecule has 84 valence electrons. The van der Waals surface area contributed by atoms with Crippen LogP contribution < -0.4 is 0 Å². The van der Waals surface area contributed by atoms with Crippen molar-refractivity contribution in [2.75, 3.05) is 13.1 Å². The molecule has 16 heavy (non-hydrogen) atoms. The van der Waals surface area contributed by atoms with Crippen molar-refractivity contribution < 1.29 is 4.52 Å². The Morgan fingerprint density at radius 3 is 3.00 bits per heavy atom. The minimum atomic E-state index is 0.485. The van der Waals surface area contributed by atoms with Crippen molar-refractivity contribution in [1.82, 2.24) is 24.8 Å². The van der Waals surface area contributed by atoms with Gasteiger partial charge in [-0.1, -0.05) is 5.16 Å². The molecule has 0 radical (unpaired) electrons. The van der Waals surface area contributed by atoms with E-state index < -0.39 is 0 Å². The number of hydrogen-bond acceptors (Lipinski definition) is 5. The lowest BCUT2D eigenvalue weighted by Gasteiger charge is -2.38. The Labute approximate surface area is 92.9 Å². The van der Waals surface area contributed by atoms with Crippen molar-refractivity contribution >= 4 is 0 Å². The Morgan fingerprint density at radius 1 is 1.50 bits per heavy atom. The largest absolute Gasteiger partial charge is 0.338 e. The average molecular weight is 219 g/mol. The molecule has 1 aliphatic rings. The van der Waals surface area contributed by atoms with Crippen LogP contribution in [0, 0.1) is 6.92 Å². The lowest BCUT2D eigenvalue weighted by Crippen LogP contribution is -2.47. The molecular formula is C10H13N5O. The number of likely N-dealkylation sites (tertiary alicyclic amines) is 1. The average Bonchev–Trinajstić information content (AvgIpc) is 2.82. The number of nitrogens with zero attached hydrogens (tertiary/aromatic N) is 5. The van der Waals surface area contributed by atoms with E-state index in [4.69, 9.17) is 4.52 Å². The van der Waals surface area contributed by atoms with Crippen LogP contribution in [0.3, 0.4) is 0 Å². The highest BCUT2D eigenvalue weighted by molar-refractivity contribution is 4.92. The van der Waals surface area contributed by atoms with Gasteiger partial charge in [0, 0.05) is 25.5 Å². The summed E-state index contributed by atoms with van der Waals surface area (Å²) in [6, 6.07) is 2.43. The third-order valence-corrected chi connectivity index (χ3v) is 2.77. The molecule has 6 heteroatoms. The standard InChI is InChI=1S/C10H13N5O/c1-8-12-10(16-13-8)7-14-5-9(6-14)15-4-2-3-11-15/h2-4,9H,5-7H2,1H3. The van der Waals surface area contributed by atoms with Crippen LogP contribution in [-0.2, 0) is 6.54 Å². The lowest BCUT2D eigenvalue weighted by molar-refractivity contribution is 0.0791. The maximum atomic E-state index is 5.07. The normalized spacial score (nSPS) is 17.6. The first-order valence-corrected chi connectivity index (χ1v) is 5.32. The fraction of sp³-hybridized carbons (Fsp3) is 0.500. The van der Waals surface area contributed by atoms with E-state index in [0.717, 1.165) is 19.6 Å². The highest BCUT2D eigenvalue weighted by Crippen LogP contribution is 2.21. The Hall–Kier alpha value is -1.69. The highest BCUT2D eigenvalue weighted by atomic mass is 16.5. The first-order valence-electron chi connectivity index (χ1n) is 5.32. The van der Waals surface area contributed by atoms with Gasteiger partial charge < -0.3 is 4.52 Å². The quantitative estimate of drug-likeness (QED) is 0.757. The van der Waals surface area contributed by atoms with E-state index in [1.165, 1.54) is 0 Å². The van der Waals surface area contributed by atoms with Gasteiger partial charge in [0.15, 0.2) is 5.82 Å². The summed E-state index contributed by atoms with van der Waals surface area (Å²) in [5.74, 6) is 1.38. The fourth-order valence-electron chi connectivity index (χ4n) is 1.93. The zero-order chi connectivity index (χ0) is 11.0. The van der Waals surface area contributed by atoms with Crippen molar-refractivity contribution in [1.29, 1.82) is 0 Å². The predicted molar refractivity (Wildman–Crippen MR) is 55.6 cm³/mol. The van der Waals surface area contributed by atoms with Crippen LogP contribution in [0.4, 0.5) is 0 Å². The van der Waals surface area contributed by atoms with Gasteiger partial charge in [-0.15, -0.1) is 0 Å². The van der Waals surface area contributed by atoms with Crippen LogP contribution in [0.25, 0.3) is 0 Å². The molecule has 0 unspecified atom stereocenters. The van der Waals surface area contributed by atoms with E-state index in [1.807, 2.05) is 30.1 Å². The zero-order valence-corrected chi connectivity index (χ0v) is 9.08. The van der Waals surface area contributed by atoms with Crippen LogP contribution in [-0.4, -0.2) is 37.9 Å². The number of aryl methyl sites for hydroxylation is 1. The summed E-state index contributed by atoms with van der Waals surface area (Å²) in [6.45, 7) is 4.54. The SMILES string of the molecule is Cc1noc(CN2CC(n3cccn3)C2)n1. The summed E-state index contributed by atoms with van der Waals surface area (Å²) < 4.78 is 7.07. The van der Waals surface area contributed by atoms with Gasteiger partial charge in [0.25, 0.3) is 0 Å². The Balaban J connectivity index is 1.54. The van der Waals surface area contributed by atoms with Gasteiger partial charge in [-0.2, -0.15) is 10.1 Å². The van der Waals surface area contributed by atoms with Gasteiger partial charge >= 0.3 is 0 Å². The van der Waals surface area contributed by atoms with Crippen molar-refractivity contribution in [2.24, 2.45) is 0 Å². The Bertz CT molecular complexity index is 457. The second-order valence-electron chi connectivity index (χ2n) is 4.07. The summed E-state index contributed by atoms with van der Waals surface area (Å²) in [5, 5.41) is 7.99. The maximum Gasteiger partial charge on any atom is 0.240 e. The molecule has 6 nitrogen and oxygen atoms in total. The van der Waals surface area contributed by atoms with Gasteiger partial charge in [0.1, 0.15) is 0 Å². The third kappa shape index (κ3) is 1.71. The summed E-state index contributed by atoms with van der Waals surface area (Å²) >= 11 is 0. The van der Waals surface area contributed by atoms with E-state index in [0.29, 0.717) is 17.8 Å². The topological polar surface area (TPSA) is 60.0 Å². The molecule has 0 aromatic carbocycles. The molecule has 3 rings (SSSR count). The minimum absolute atomic E-state index is 0.485. The second-order valence-corrected chi connectivity index (χ2v) is 4.07. The summed E-state index contributed by atoms with van der Waals surface area (Å²) in [7, 11) is 0. The van der Waals surface area contributed by atoms with Crippen molar-refractivity contribution in [3.63, 3.8) is 0 Å². The van der Waals surface area contributed by atoms with Gasteiger partial charge in [-0.25, -0.2) is 0 Å². The van der Waals surface area contributed by atoms with E-state index in [2.05, 4.69) is 20.1 Å². The Kier molecular flexibility index (Phi) is 2.21. The van der Waals surface area contributed by atoms with Gasteiger partial charge in [0.2, 0.25) is 5.89 Å². The first-order chi connectivity index (χ1) is 7.81. The van der Waals surface area contributed by atoms with Crippen LogP contribution in [0.5, 0.6) is 0 Å². The van der Waals surface area contributed by atoms with Crippen molar-refractivity contribution in [3.8, 4) is 0 Å².